The molecule has 0 amide bonds. The molecule has 1 heterocycles. The minimum Gasteiger partial charge on any atom is -0.478 e. The number of aromatic carboxylic acids is 1. The van der Waals surface area contributed by atoms with E-state index in [1.807, 2.05) is 0 Å². The molecule has 138 valence electrons. The molecule has 1 aromatic heterocycles. The summed E-state index contributed by atoms with van der Waals surface area (Å²) in [6, 6.07) is 0. The molecule has 4 nitrogen and oxygen atoms in total. The van der Waals surface area contributed by atoms with Crippen LogP contribution < -0.4 is 11.3 Å². The number of aryl methyl sites for hydroxylation is 1. The number of hydrazine groups is 1. The van der Waals surface area contributed by atoms with Gasteiger partial charge in [-0.3, -0.25) is 11.3 Å². The molecule has 3 rings (SSSR count). The molecule has 0 unspecified atom stereocenters. The lowest BCUT2D eigenvalue weighted by molar-refractivity contribution is -0.00962. The normalized spacial score (nSPS) is 22.0. The van der Waals surface area contributed by atoms with Crippen LogP contribution >= 0.6 is 11.3 Å². The standard InChI is InChI=1S/C18H24F2N2O2S/c1-17(2)5-4-13-12(8-17)14(16(23)24)15(25-13)11-3-6-18(19,20)7-10(11)9-22-21/h22H,3-9,21H2,1-2H3,(H,23,24). The van der Waals surface area contributed by atoms with Crippen molar-refractivity contribution in [3.05, 3.63) is 26.5 Å². The van der Waals surface area contributed by atoms with Crippen molar-refractivity contribution in [2.75, 3.05) is 6.54 Å². The number of halogens is 2. The predicted octanol–water partition coefficient (Wildman–Crippen LogP) is 4.00. The van der Waals surface area contributed by atoms with Gasteiger partial charge in [0, 0.05) is 29.1 Å². The molecule has 25 heavy (non-hydrogen) atoms. The van der Waals surface area contributed by atoms with Crippen LogP contribution in [0.4, 0.5) is 8.78 Å². The molecular weight excluding hydrogens is 346 g/mol. The van der Waals surface area contributed by atoms with Gasteiger partial charge in [-0.2, -0.15) is 0 Å². The number of nitrogens with one attached hydrogen (secondary N) is 1. The maximum atomic E-state index is 13.8. The molecule has 0 saturated heterocycles. The van der Waals surface area contributed by atoms with Crippen LogP contribution in [0.15, 0.2) is 5.57 Å². The van der Waals surface area contributed by atoms with Crippen LogP contribution in [0.5, 0.6) is 0 Å². The number of hydrogen-bond acceptors (Lipinski definition) is 4. The smallest absolute Gasteiger partial charge is 0.337 e. The maximum Gasteiger partial charge on any atom is 0.337 e. The van der Waals surface area contributed by atoms with Crippen molar-refractivity contribution < 1.29 is 18.7 Å². The van der Waals surface area contributed by atoms with Gasteiger partial charge in [-0.1, -0.05) is 13.8 Å². The first-order chi connectivity index (χ1) is 11.6. The van der Waals surface area contributed by atoms with Gasteiger partial charge in [-0.25, -0.2) is 13.6 Å². The number of alkyl halides is 2. The molecule has 4 N–H and O–H groups in total. The zero-order valence-corrected chi connectivity index (χ0v) is 15.4. The topological polar surface area (TPSA) is 75.3 Å². The summed E-state index contributed by atoms with van der Waals surface area (Å²) in [6.45, 7) is 4.43. The van der Waals surface area contributed by atoms with E-state index in [-0.39, 0.29) is 31.2 Å². The Labute approximate surface area is 150 Å². The first-order valence-corrected chi connectivity index (χ1v) is 9.35. The average molecular weight is 370 g/mol. The first-order valence-electron chi connectivity index (χ1n) is 8.54. The van der Waals surface area contributed by atoms with E-state index in [2.05, 4.69) is 19.3 Å². The van der Waals surface area contributed by atoms with E-state index in [9.17, 15) is 18.7 Å². The van der Waals surface area contributed by atoms with Crippen LogP contribution in [0.1, 0.15) is 65.2 Å². The summed E-state index contributed by atoms with van der Waals surface area (Å²) < 4.78 is 27.7. The largest absolute Gasteiger partial charge is 0.478 e. The number of thiophene rings is 1. The first kappa shape index (κ1) is 18.5. The second kappa shape index (κ2) is 6.45. The molecule has 0 aromatic carbocycles. The van der Waals surface area contributed by atoms with Crippen molar-refractivity contribution in [3.8, 4) is 0 Å². The van der Waals surface area contributed by atoms with Crippen LogP contribution in [0.2, 0.25) is 0 Å². The summed E-state index contributed by atoms with van der Waals surface area (Å²) >= 11 is 1.48. The second-order valence-corrected chi connectivity index (χ2v) is 8.95. The summed E-state index contributed by atoms with van der Waals surface area (Å²) in [5, 5.41) is 9.83. The van der Waals surface area contributed by atoms with Gasteiger partial charge in [0.25, 0.3) is 5.92 Å². The van der Waals surface area contributed by atoms with E-state index in [0.717, 1.165) is 28.9 Å². The predicted molar refractivity (Wildman–Crippen MR) is 95.0 cm³/mol. The van der Waals surface area contributed by atoms with Gasteiger partial charge in [-0.15, -0.1) is 11.3 Å². The van der Waals surface area contributed by atoms with Crippen LogP contribution in [0.3, 0.4) is 0 Å². The fourth-order valence-corrected chi connectivity index (χ4v) is 5.35. The van der Waals surface area contributed by atoms with Crippen molar-refractivity contribution in [1.29, 1.82) is 0 Å². The van der Waals surface area contributed by atoms with Gasteiger partial charge in [0.05, 0.1) is 5.56 Å². The summed E-state index contributed by atoms with van der Waals surface area (Å²) in [4.78, 5) is 13.8. The Hall–Kier alpha value is -1.31. The molecule has 7 heteroatoms. The van der Waals surface area contributed by atoms with Gasteiger partial charge in [-0.05, 0) is 47.8 Å². The molecule has 0 saturated carbocycles. The molecule has 0 bridgehead atoms. The second-order valence-electron chi connectivity index (χ2n) is 7.85. The number of hydrogen-bond donors (Lipinski definition) is 3. The maximum absolute atomic E-state index is 13.8. The highest BCUT2D eigenvalue weighted by atomic mass is 32.1. The van der Waals surface area contributed by atoms with Gasteiger partial charge in [0.15, 0.2) is 0 Å². The van der Waals surface area contributed by atoms with E-state index in [1.165, 1.54) is 11.3 Å². The SMILES string of the molecule is CC1(C)CCc2sc(C3=C(CNN)CC(F)(F)CC3)c(C(=O)O)c2C1. The number of carbonyl (C=O) groups is 1. The van der Waals surface area contributed by atoms with Gasteiger partial charge >= 0.3 is 5.97 Å². The van der Waals surface area contributed by atoms with E-state index >= 15 is 0 Å². The van der Waals surface area contributed by atoms with E-state index in [4.69, 9.17) is 5.84 Å². The third-order valence-corrected chi connectivity index (χ3v) is 6.57. The van der Waals surface area contributed by atoms with Gasteiger partial charge in [0.1, 0.15) is 0 Å². The quantitative estimate of drug-likeness (QED) is 0.553. The number of nitrogens with two attached hydrogens (primary N) is 1. The minimum atomic E-state index is -2.75. The van der Waals surface area contributed by atoms with Crippen LogP contribution in [-0.2, 0) is 12.8 Å². The molecular formula is C18H24F2N2O2S. The fourth-order valence-electron chi connectivity index (χ4n) is 3.92. The van der Waals surface area contributed by atoms with Gasteiger partial charge in [0.2, 0.25) is 0 Å². The summed E-state index contributed by atoms with van der Waals surface area (Å²) in [5.41, 5.74) is 5.02. The molecule has 0 fully saturated rings. The summed E-state index contributed by atoms with van der Waals surface area (Å²) in [7, 11) is 0. The molecule has 0 radical (unpaired) electrons. The molecule has 0 spiro atoms. The lowest BCUT2D eigenvalue weighted by Crippen LogP contribution is -2.30. The highest BCUT2D eigenvalue weighted by Crippen LogP contribution is 2.48. The highest BCUT2D eigenvalue weighted by Gasteiger charge is 2.39. The third-order valence-electron chi connectivity index (χ3n) is 5.22. The number of carboxylic acids is 1. The van der Waals surface area contributed by atoms with Gasteiger partial charge < -0.3 is 5.11 Å². The number of allylic oxidation sites excluding steroid dienone is 1. The Morgan fingerprint density at radius 2 is 2.00 bits per heavy atom. The Balaban J connectivity index is 2.13. The lowest BCUT2D eigenvalue weighted by Gasteiger charge is -2.29. The van der Waals surface area contributed by atoms with Crippen LogP contribution in [-0.4, -0.2) is 23.5 Å². The fraction of sp³-hybridized carbons (Fsp3) is 0.611. The molecule has 0 atom stereocenters. The van der Waals surface area contributed by atoms with Crippen LogP contribution in [0.25, 0.3) is 5.57 Å². The summed E-state index contributed by atoms with van der Waals surface area (Å²) in [6.07, 6.45) is 2.15. The molecule has 2 aliphatic carbocycles. The van der Waals surface area contributed by atoms with Crippen molar-refractivity contribution in [1.82, 2.24) is 5.43 Å². The Bertz CT molecular complexity index is 738. The van der Waals surface area contributed by atoms with Crippen LogP contribution in [0, 0.1) is 5.41 Å². The van der Waals surface area contributed by atoms with E-state index < -0.39 is 11.9 Å². The number of fused-ring (bicyclic) bond motifs is 1. The Morgan fingerprint density at radius 3 is 2.64 bits per heavy atom. The monoisotopic (exact) mass is 370 g/mol. The molecule has 2 aliphatic rings. The van der Waals surface area contributed by atoms with Crippen molar-refractivity contribution in [3.63, 3.8) is 0 Å². The zero-order valence-electron chi connectivity index (χ0n) is 14.5. The van der Waals surface area contributed by atoms with E-state index in [0.29, 0.717) is 22.4 Å². The Kier molecular flexibility index (Phi) is 4.77. The molecule has 1 aromatic rings. The molecule has 0 aliphatic heterocycles. The van der Waals surface area contributed by atoms with Crippen molar-refractivity contribution >= 4 is 22.9 Å². The zero-order chi connectivity index (χ0) is 18.4. The average Bonchev–Trinajstić information content (AvgIpc) is 2.84. The summed E-state index contributed by atoms with van der Waals surface area (Å²) in [5.74, 6) is 1.66. The highest BCUT2D eigenvalue weighted by molar-refractivity contribution is 7.13. The third kappa shape index (κ3) is 3.64. The number of rotatable bonds is 4. The van der Waals surface area contributed by atoms with E-state index in [1.54, 1.807) is 0 Å². The minimum absolute atomic E-state index is 0.0607. The Morgan fingerprint density at radius 1 is 1.28 bits per heavy atom. The number of carboxylic acid groups (broad SMARTS) is 1. The van der Waals surface area contributed by atoms with Crippen molar-refractivity contribution in [2.45, 2.75) is 58.3 Å². The lowest BCUT2D eigenvalue weighted by atomic mass is 9.75. The van der Waals surface area contributed by atoms with Crippen molar-refractivity contribution in [2.24, 2.45) is 11.3 Å².